The summed E-state index contributed by atoms with van der Waals surface area (Å²) in [6.45, 7) is 10.00. The molecule has 0 saturated carbocycles. The fourth-order valence-electron chi connectivity index (χ4n) is 2.67. The zero-order chi connectivity index (χ0) is 20.8. The van der Waals surface area contributed by atoms with Crippen LogP contribution in [-0.4, -0.2) is 46.3 Å². The lowest BCUT2D eigenvalue weighted by molar-refractivity contribution is -0.133. The molecular formula is C20H23Cl2N3O3. The Morgan fingerprint density at radius 1 is 1.29 bits per heavy atom. The van der Waals surface area contributed by atoms with Crippen LogP contribution in [0.2, 0.25) is 10.2 Å². The number of likely N-dealkylation sites (N-methyl/N-ethyl adjacent to an activating group) is 1. The maximum absolute atomic E-state index is 12.5. The molecule has 0 bridgehead atoms. The van der Waals surface area contributed by atoms with Crippen molar-refractivity contribution in [3.63, 3.8) is 0 Å². The van der Waals surface area contributed by atoms with E-state index in [9.17, 15) is 9.59 Å². The summed E-state index contributed by atoms with van der Waals surface area (Å²) < 4.78 is 6.66. The molecule has 2 rings (SSSR count). The van der Waals surface area contributed by atoms with Crippen molar-refractivity contribution in [3.05, 3.63) is 63.4 Å². The summed E-state index contributed by atoms with van der Waals surface area (Å²) in [5, 5.41) is 5.03. The van der Waals surface area contributed by atoms with Gasteiger partial charge in [0.1, 0.15) is 10.7 Å². The first-order valence-electron chi connectivity index (χ1n) is 8.80. The first kappa shape index (κ1) is 22.0. The Kier molecular flexibility index (Phi) is 7.66. The zero-order valence-corrected chi connectivity index (χ0v) is 17.7. The predicted octanol–water partition coefficient (Wildman–Crippen LogP) is 4.13. The Morgan fingerprint density at radius 3 is 2.57 bits per heavy atom. The molecule has 0 unspecified atom stereocenters. The fraction of sp³-hybridized carbons (Fsp3) is 0.350. The molecule has 28 heavy (non-hydrogen) atoms. The van der Waals surface area contributed by atoms with Crippen LogP contribution < -0.4 is 0 Å². The Bertz CT molecular complexity index is 893. The van der Waals surface area contributed by atoms with Crippen LogP contribution in [0.15, 0.2) is 36.4 Å². The monoisotopic (exact) mass is 423 g/mol. The van der Waals surface area contributed by atoms with Crippen molar-refractivity contribution in [2.45, 2.75) is 27.3 Å². The van der Waals surface area contributed by atoms with Crippen LogP contribution in [0.4, 0.5) is 0 Å². The first-order chi connectivity index (χ1) is 13.2. The third-order valence-corrected chi connectivity index (χ3v) is 4.82. The highest BCUT2D eigenvalue weighted by atomic mass is 35.5. The summed E-state index contributed by atoms with van der Waals surface area (Å²) in [6, 6.07) is 7.31. The minimum atomic E-state index is -0.687. The van der Waals surface area contributed by atoms with Crippen molar-refractivity contribution in [1.82, 2.24) is 14.7 Å². The van der Waals surface area contributed by atoms with Gasteiger partial charge in [0.05, 0.1) is 12.2 Å². The second-order valence-electron chi connectivity index (χ2n) is 6.44. The van der Waals surface area contributed by atoms with Gasteiger partial charge in [-0.1, -0.05) is 53.6 Å². The number of amides is 1. The van der Waals surface area contributed by atoms with Gasteiger partial charge in [-0.05, 0) is 32.4 Å². The van der Waals surface area contributed by atoms with Gasteiger partial charge in [0, 0.05) is 18.1 Å². The molecule has 0 N–H and O–H groups in total. The van der Waals surface area contributed by atoms with E-state index in [4.69, 9.17) is 27.9 Å². The molecule has 1 aromatic carbocycles. The second kappa shape index (κ2) is 9.75. The fourth-order valence-corrected chi connectivity index (χ4v) is 3.18. The molecule has 0 spiro atoms. The number of aryl methyl sites for hydroxylation is 1. The van der Waals surface area contributed by atoms with Crippen molar-refractivity contribution in [2.75, 3.05) is 19.7 Å². The van der Waals surface area contributed by atoms with E-state index in [2.05, 4.69) is 11.7 Å². The standard InChI is InChI=1S/C20H23Cl2N3O3/c1-5-24(10-13(2)3)17(26)12-28-20(27)18-14(4)23-25(19(18)22)11-15-8-6-7-9-16(15)21/h6-9H,2,5,10-12H2,1,3-4H3. The van der Waals surface area contributed by atoms with Crippen molar-refractivity contribution in [2.24, 2.45) is 0 Å². The van der Waals surface area contributed by atoms with E-state index in [0.29, 0.717) is 30.4 Å². The second-order valence-corrected chi connectivity index (χ2v) is 7.21. The molecule has 0 fully saturated rings. The summed E-state index contributed by atoms with van der Waals surface area (Å²) in [4.78, 5) is 26.3. The normalized spacial score (nSPS) is 10.6. The van der Waals surface area contributed by atoms with Gasteiger partial charge in [-0.2, -0.15) is 5.10 Å². The highest BCUT2D eigenvalue weighted by Crippen LogP contribution is 2.24. The summed E-state index contributed by atoms with van der Waals surface area (Å²) in [5.41, 5.74) is 2.23. The van der Waals surface area contributed by atoms with E-state index in [0.717, 1.165) is 11.1 Å². The molecule has 0 saturated heterocycles. The molecule has 1 heterocycles. The van der Waals surface area contributed by atoms with Gasteiger partial charge in [0.15, 0.2) is 6.61 Å². The SMILES string of the molecule is C=C(C)CN(CC)C(=O)COC(=O)c1c(C)nn(Cc2ccccc2Cl)c1Cl. The Hall–Kier alpha value is -2.31. The maximum atomic E-state index is 12.5. The van der Waals surface area contributed by atoms with E-state index in [1.54, 1.807) is 17.9 Å². The molecule has 150 valence electrons. The molecule has 0 aliphatic heterocycles. The Balaban J connectivity index is 2.10. The number of ether oxygens (including phenoxy) is 1. The van der Waals surface area contributed by atoms with Gasteiger partial charge in [-0.15, -0.1) is 0 Å². The number of carbonyl (C=O) groups is 2. The van der Waals surface area contributed by atoms with Crippen LogP contribution >= 0.6 is 23.2 Å². The number of aromatic nitrogens is 2. The number of esters is 1. The Morgan fingerprint density at radius 2 is 1.96 bits per heavy atom. The molecule has 0 aliphatic carbocycles. The van der Waals surface area contributed by atoms with Crippen molar-refractivity contribution >= 4 is 35.1 Å². The van der Waals surface area contributed by atoms with Gasteiger partial charge < -0.3 is 9.64 Å². The van der Waals surface area contributed by atoms with E-state index in [1.165, 1.54) is 4.68 Å². The van der Waals surface area contributed by atoms with Crippen molar-refractivity contribution in [3.8, 4) is 0 Å². The van der Waals surface area contributed by atoms with Crippen molar-refractivity contribution < 1.29 is 14.3 Å². The highest BCUT2D eigenvalue weighted by molar-refractivity contribution is 6.33. The number of hydrogen-bond donors (Lipinski definition) is 0. The van der Waals surface area contributed by atoms with Crippen molar-refractivity contribution in [1.29, 1.82) is 0 Å². The zero-order valence-electron chi connectivity index (χ0n) is 16.2. The third-order valence-electron chi connectivity index (χ3n) is 4.07. The van der Waals surface area contributed by atoms with Crippen LogP contribution in [0.5, 0.6) is 0 Å². The average Bonchev–Trinajstić information content (AvgIpc) is 2.92. The quantitative estimate of drug-likeness (QED) is 0.472. The van der Waals surface area contributed by atoms with Crippen LogP contribution in [0.1, 0.15) is 35.5 Å². The first-order valence-corrected chi connectivity index (χ1v) is 9.55. The van der Waals surface area contributed by atoms with E-state index >= 15 is 0 Å². The minimum absolute atomic E-state index is 0.143. The molecule has 0 aliphatic rings. The van der Waals surface area contributed by atoms with Crippen LogP contribution in [-0.2, 0) is 16.1 Å². The van der Waals surface area contributed by atoms with E-state index in [1.807, 2.05) is 32.0 Å². The van der Waals surface area contributed by atoms with Crippen LogP contribution in [0.3, 0.4) is 0 Å². The number of rotatable bonds is 8. The summed E-state index contributed by atoms with van der Waals surface area (Å²) >= 11 is 12.5. The Labute approximate surface area is 174 Å². The molecular weight excluding hydrogens is 401 g/mol. The lowest BCUT2D eigenvalue weighted by Gasteiger charge is -2.20. The molecule has 2 aromatic rings. The molecule has 0 atom stereocenters. The largest absolute Gasteiger partial charge is 0.452 e. The van der Waals surface area contributed by atoms with Gasteiger partial charge in [-0.25, -0.2) is 9.48 Å². The van der Waals surface area contributed by atoms with Crippen LogP contribution in [0.25, 0.3) is 0 Å². The third kappa shape index (κ3) is 5.36. The summed E-state index contributed by atoms with van der Waals surface area (Å²) in [7, 11) is 0. The topological polar surface area (TPSA) is 64.4 Å². The lowest BCUT2D eigenvalue weighted by Crippen LogP contribution is -2.35. The number of benzene rings is 1. The van der Waals surface area contributed by atoms with Gasteiger partial charge >= 0.3 is 5.97 Å². The predicted molar refractivity (Wildman–Crippen MR) is 110 cm³/mol. The lowest BCUT2D eigenvalue weighted by atomic mass is 10.2. The minimum Gasteiger partial charge on any atom is -0.452 e. The molecule has 8 heteroatoms. The number of halogens is 2. The van der Waals surface area contributed by atoms with Crippen LogP contribution in [0, 0.1) is 6.92 Å². The number of carbonyl (C=O) groups excluding carboxylic acids is 2. The van der Waals surface area contributed by atoms with E-state index < -0.39 is 5.97 Å². The molecule has 1 aromatic heterocycles. The summed E-state index contributed by atoms with van der Waals surface area (Å²) in [6.07, 6.45) is 0. The van der Waals surface area contributed by atoms with Gasteiger partial charge in [0.2, 0.25) is 0 Å². The van der Waals surface area contributed by atoms with Gasteiger partial charge in [0.25, 0.3) is 5.91 Å². The van der Waals surface area contributed by atoms with Gasteiger partial charge in [-0.3, -0.25) is 4.79 Å². The number of hydrogen-bond acceptors (Lipinski definition) is 4. The molecule has 0 radical (unpaired) electrons. The molecule has 6 nitrogen and oxygen atoms in total. The summed E-state index contributed by atoms with van der Waals surface area (Å²) in [5.74, 6) is -0.983. The average molecular weight is 424 g/mol. The number of nitrogens with zero attached hydrogens (tertiary/aromatic N) is 3. The van der Waals surface area contributed by atoms with E-state index in [-0.39, 0.29) is 23.2 Å². The maximum Gasteiger partial charge on any atom is 0.343 e. The smallest absolute Gasteiger partial charge is 0.343 e. The molecule has 1 amide bonds. The highest BCUT2D eigenvalue weighted by Gasteiger charge is 2.23.